The number of hydrogen-bond acceptors (Lipinski definition) is 5. The van der Waals surface area contributed by atoms with Crippen LogP contribution in [0.3, 0.4) is 0 Å². The lowest BCUT2D eigenvalue weighted by Gasteiger charge is -2.16. The Morgan fingerprint density at radius 2 is 1.70 bits per heavy atom. The van der Waals surface area contributed by atoms with Gasteiger partial charge in [-0.25, -0.2) is 0 Å². The van der Waals surface area contributed by atoms with Crippen LogP contribution in [0.15, 0.2) is 54.6 Å². The number of amides is 3. The van der Waals surface area contributed by atoms with Gasteiger partial charge in [0.25, 0.3) is 11.6 Å². The summed E-state index contributed by atoms with van der Waals surface area (Å²) >= 11 is 0. The molecule has 0 aliphatic carbocycles. The summed E-state index contributed by atoms with van der Waals surface area (Å²) in [5.74, 6) is -1.83. The van der Waals surface area contributed by atoms with Crippen molar-refractivity contribution >= 4 is 29.1 Å². The first-order valence-electron chi connectivity index (χ1n) is 8.16. The van der Waals surface area contributed by atoms with E-state index in [1.54, 1.807) is 30.3 Å². The van der Waals surface area contributed by atoms with E-state index in [0.29, 0.717) is 11.3 Å². The number of nitrogens with zero attached hydrogens (tertiary/aromatic N) is 2. The highest BCUT2D eigenvalue weighted by molar-refractivity contribution is 6.01. The largest absolute Gasteiger partial charge is 0.312 e. The minimum absolute atomic E-state index is 0.00989. The summed E-state index contributed by atoms with van der Waals surface area (Å²) in [5.41, 5.74) is 5.45. The van der Waals surface area contributed by atoms with E-state index >= 15 is 0 Å². The maximum atomic E-state index is 12.3. The molecular formula is C18H16N4O5. The van der Waals surface area contributed by atoms with Crippen LogP contribution in [-0.2, 0) is 9.59 Å². The average molecular weight is 368 g/mol. The van der Waals surface area contributed by atoms with E-state index in [0.717, 1.165) is 0 Å². The summed E-state index contributed by atoms with van der Waals surface area (Å²) in [6.07, 6.45) is -0.00989. The summed E-state index contributed by atoms with van der Waals surface area (Å²) < 4.78 is 0. The van der Waals surface area contributed by atoms with Gasteiger partial charge < -0.3 is 4.90 Å². The van der Waals surface area contributed by atoms with Crippen molar-refractivity contribution < 1.29 is 19.3 Å². The molecule has 1 fully saturated rings. The molecule has 2 N–H and O–H groups in total. The number of carbonyl (C=O) groups is 3. The molecule has 3 amide bonds. The molecule has 1 atom stereocenters. The number of nitrogens with one attached hydrogen (secondary N) is 2. The predicted octanol–water partition coefficient (Wildman–Crippen LogP) is 1.41. The van der Waals surface area contributed by atoms with Crippen LogP contribution in [0.25, 0.3) is 0 Å². The van der Waals surface area contributed by atoms with E-state index in [4.69, 9.17) is 0 Å². The molecule has 2 aromatic carbocycles. The number of benzene rings is 2. The molecule has 9 heteroatoms. The van der Waals surface area contributed by atoms with Crippen molar-refractivity contribution in [3.05, 3.63) is 70.3 Å². The van der Waals surface area contributed by atoms with Gasteiger partial charge in [-0.3, -0.25) is 35.3 Å². The predicted molar refractivity (Wildman–Crippen MR) is 95.6 cm³/mol. The van der Waals surface area contributed by atoms with Crippen molar-refractivity contribution in [3.8, 4) is 0 Å². The third-order valence-electron chi connectivity index (χ3n) is 4.20. The third kappa shape index (κ3) is 4.09. The number of carbonyl (C=O) groups excluding carboxylic acids is 3. The number of rotatable bonds is 4. The van der Waals surface area contributed by atoms with Crippen molar-refractivity contribution in [1.29, 1.82) is 0 Å². The van der Waals surface area contributed by atoms with E-state index in [1.807, 2.05) is 0 Å². The number of hydrazine groups is 1. The Hall–Kier alpha value is -3.75. The number of anilines is 1. The van der Waals surface area contributed by atoms with Gasteiger partial charge in [0.15, 0.2) is 0 Å². The Morgan fingerprint density at radius 3 is 2.33 bits per heavy atom. The number of nitro groups is 1. The van der Waals surface area contributed by atoms with Crippen LogP contribution >= 0.6 is 0 Å². The first-order valence-corrected chi connectivity index (χ1v) is 8.16. The number of nitro benzene ring substituents is 1. The Bertz CT molecular complexity index is 882. The maximum absolute atomic E-state index is 12.3. The van der Waals surface area contributed by atoms with Gasteiger partial charge in [-0.15, -0.1) is 0 Å². The maximum Gasteiger partial charge on any atom is 0.269 e. The normalized spacial score (nSPS) is 16.1. The van der Waals surface area contributed by atoms with E-state index in [2.05, 4.69) is 10.9 Å². The first kappa shape index (κ1) is 18.1. The molecule has 9 nitrogen and oxygen atoms in total. The Morgan fingerprint density at radius 1 is 1.04 bits per heavy atom. The van der Waals surface area contributed by atoms with E-state index < -0.39 is 22.7 Å². The zero-order valence-electron chi connectivity index (χ0n) is 14.1. The molecule has 0 bridgehead atoms. The molecule has 0 unspecified atom stereocenters. The molecule has 1 aliphatic heterocycles. The number of non-ortho nitro benzene ring substituents is 1. The fourth-order valence-corrected chi connectivity index (χ4v) is 2.77. The van der Waals surface area contributed by atoms with Gasteiger partial charge >= 0.3 is 0 Å². The van der Waals surface area contributed by atoms with E-state index in [9.17, 15) is 24.5 Å². The molecule has 27 heavy (non-hydrogen) atoms. The monoisotopic (exact) mass is 368 g/mol. The quantitative estimate of drug-likeness (QED) is 0.624. The van der Waals surface area contributed by atoms with Crippen LogP contribution in [-0.4, -0.2) is 29.2 Å². The van der Waals surface area contributed by atoms with Crippen LogP contribution in [0.2, 0.25) is 0 Å². The molecule has 0 spiro atoms. The van der Waals surface area contributed by atoms with Crippen molar-refractivity contribution in [2.24, 2.45) is 5.92 Å². The van der Waals surface area contributed by atoms with Gasteiger partial charge in [0, 0.05) is 36.3 Å². The van der Waals surface area contributed by atoms with E-state index in [1.165, 1.54) is 29.2 Å². The second-order valence-electron chi connectivity index (χ2n) is 5.99. The molecule has 0 radical (unpaired) electrons. The zero-order valence-corrected chi connectivity index (χ0v) is 14.1. The van der Waals surface area contributed by atoms with Gasteiger partial charge in [0.05, 0.1) is 10.8 Å². The summed E-state index contributed by atoms with van der Waals surface area (Å²) in [4.78, 5) is 48.0. The first-order chi connectivity index (χ1) is 13.0. The second kappa shape index (κ2) is 7.65. The molecule has 0 aromatic heterocycles. The Balaban J connectivity index is 1.58. The van der Waals surface area contributed by atoms with Crippen LogP contribution < -0.4 is 15.8 Å². The molecule has 2 aromatic rings. The van der Waals surface area contributed by atoms with E-state index in [-0.39, 0.29) is 24.6 Å². The van der Waals surface area contributed by atoms with Crippen molar-refractivity contribution in [3.63, 3.8) is 0 Å². The third-order valence-corrected chi connectivity index (χ3v) is 4.20. The molecule has 1 aliphatic rings. The zero-order chi connectivity index (χ0) is 19.4. The number of hydrogen-bond donors (Lipinski definition) is 2. The smallest absolute Gasteiger partial charge is 0.269 e. The minimum atomic E-state index is -0.635. The molecular weight excluding hydrogens is 352 g/mol. The highest BCUT2D eigenvalue weighted by atomic mass is 16.6. The summed E-state index contributed by atoms with van der Waals surface area (Å²) in [6.45, 7) is 0.129. The van der Waals surface area contributed by atoms with Crippen LogP contribution in [0, 0.1) is 16.0 Å². The second-order valence-corrected chi connectivity index (χ2v) is 5.99. The average Bonchev–Trinajstić information content (AvgIpc) is 3.08. The summed E-state index contributed by atoms with van der Waals surface area (Å²) in [5, 5.41) is 10.7. The van der Waals surface area contributed by atoms with Crippen LogP contribution in [0.1, 0.15) is 16.8 Å². The van der Waals surface area contributed by atoms with Crippen LogP contribution in [0.4, 0.5) is 11.4 Å². The van der Waals surface area contributed by atoms with Crippen LogP contribution in [0.5, 0.6) is 0 Å². The highest BCUT2D eigenvalue weighted by Crippen LogP contribution is 2.26. The molecule has 0 saturated carbocycles. The van der Waals surface area contributed by atoms with Gasteiger partial charge in [-0.1, -0.05) is 18.2 Å². The van der Waals surface area contributed by atoms with Gasteiger partial charge in [-0.2, -0.15) is 0 Å². The molecule has 1 saturated heterocycles. The summed E-state index contributed by atoms with van der Waals surface area (Å²) in [6, 6.07) is 13.9. The molecule has 1 heterocycles. The Labute approximate surface area is 154 Å². The van der Waals surface area contributed by atoms with Gasteiger partial charge in [-0.05, 0) is 24.3 Å². The Kier molecular flexibility index (Phi) is 5.11. The lowest BCUT2D eigenvalue weighted by atomic mass is 10.1. The fraction of sp³-hybridized carbons (Fsp3) is 0.167. The SMILES string of the molecule is O=C(NNC(=O)[C@H]1CC(=O)N(c2ccc([N+](=O)[O-])cc2)C1)c1ccccc1. The van der Waals surface area contributed by atoms with Gasteiger partial charge in [0.2, 0.25) is 11.8 Å². The van der Waals surface area contributed by atoms with Gasteiger partial charge in [0.1, 0.15) is 0 Å². The fourth-order valence-electron chi connectivity index (χ4n) is 2.77. The van der Waals surface area contributed by atoms with Crippen molar-refractivity contribution in [2.75, 3.05) is 11.4 Å². The lowest BCUT2D eigenvalue weighted by molar-refractivity contribution is -0.384. The molecule has 138 valence electrons. The highest BCUT2D eigenvalue weighted by Gasteiger charge is 2.35. The standard InChI is InChI=1S/C18H16N4O5/c23-16-10-13(11-21(16)14-6-8-15(9-7-14)22(26)27)18(25)20-19-17(24)12-4-2-1-3-5-12/h1-9,13H,10-11H2,(H,19,24)(H,20,25)/t13-/m0/s1. The molecule has 3 rings (SSSR count). The lowest BCUT2D eigenvalue weighted by Crippen LogP contribution is -2.45. The summed E-state index contributed by atoms with van der Waals surface area (Å²) in [7, 11) is 0. The topological polar surface area (TPSA) is 122 Å². The van der Waals surface area contributed by atoms with Crippen molar-refractivity contribution in [1.82, 2.24) is 10.9 Å². The minimum Gasteiger partial charge on any atom is -0.312 e. The van der Waals surface area contributed by atoms with Crippen molar-refractivity contribution in [2.45, 2.75) is 6.42 Å².